The lowest BCUT2D eigenvalue weighted by molar-refractivity contribution is -0.153. The number of aromatic nitrogens is 2. The maximum absolute atomic E-state index is 11.8. The summed E-state index contributed by atoms with van der Waals surface area (Å²) in [6, 6.07) is 5.79. The van der Waals surface area contributed by atoms with Gasteiger partial charge in [0.25, 0.3) is 0 Å². The average molecular weight is 311 g/mol. The molecule has 0 aliphatic carbocycles. The molecule has 96 valence electrons. The van der Waals surface area contributed by atoms with Crippen LogP contribution in [0, 0.1) is 0 Å². The van der Waals surface area contributed by atoms with Gasteiger partial charge in [0.15, 0.2) is 0 Å². The van der Waals surface area contributed by atoms with Gasteiger partial charge in [0, 0.05) is 9.86 Å². The number of ether oxygens (including phenoxy) is 1. The zero-order chi connectivity index (χ0) is 13.3. The van der Waals surface area contributed by atoms with Gasteiger partial charge in [0.2, 0.25) is 0 Å². The lowest BCUT2D eigenvalue weighted by Crippen LogP contribution is -2.25. The summed E-state index contributed by atoms with van der Waals surface area (Å²) in [6.07, 6.45) is 0.174. The van der Waals surface area contributed by atoms with Crippen LogP contribution in [0.5, 0.6) is 0 Å². The van der Waals surface area contributed by atoms with Crippen LogP contribution >= 0.6 is 15.9 Å². The monoisotopic (exact) mass is 310 g/mol. The van der Waals surface area contributed by atoms with Gasteiger partial charge >= 0.3 is 5.97 Å². The highest BCUT2D eigenvalue weighted by molar-refractivity contribution is 9.10. The van der Waals surface area contributed by atoms with Gasteiger partial charge in [-0.05, 0) is 39.0 Å². The number of rotatable bonds is 2. The third-order valence-corrected chi connectivity index (χ3v) is 2.83. The summed E-state index contributed by atoms with van der Waals surface area (Å²) < 4.78 is 6.25. The number of nitrogens with one attached hydrogen (secondary N) is 1. The quantitative estimate of drug-likeness (QED) is 0.867. The molecule has 2 aromatic rings. The van der Waals surface area contributed by atoms with E-state index in [4.69, 9.17) is 4.74 Å². The summed E-state index contributed by atoms with van der Waals surface area (Å²) in [4.78, 5) is 11.8. The van der Waals surface area contributed by atoms with Crippen molar-refractivity contribution < 1.29 is 9.53 Å². The van der Waals surface area contributed by atoms with Crippen molar-refractivity contribution in [2.75, 3.05) is 0 Å². The summed E-state index contributed by atoms with van der Waals surface area (Å²) in [7, 11) is 0. The Labute approximate surface area is 114 Å². The van der Waals surface area contributed by atoms with E-state index in [0.29, 0.717) is 5.69 Å². The molecule has 0 radical (unpaired) electrons. The van der Waals surface area contributed by atoms with Crippen molar-refractivity contribution in [1.82, 2.24) is 10.2 Å². The van der Waals surface area contributed by atoms with Gasteiger partial charge in [-0.25, -0.2) is 0 Å². The average Bonchev–Trinajstić information content (AvgIpc) is 2.58. The van der Waals surface area contributed by atoms with E-state index in [2.05, 4.69) is 26.1 Å². The fourth-order valence-electron chi connectivity index (χ4n) is 1.69. The van der Waals surface area contributed by atoms with Crippen molar-refractivity contribution >= 4 is 32.8 Å². The first-order chi connectivity index (χ1) is 8.35. The van der Waals surface area contributed by atoms with E-state index < -0.39 is 5.60 Å². The largest absolute Gasteiger partial charge is 0.460 e. The molecule has 4 nitrogen and oxygen atoms in total. The van der Waals surface area contributed by atoms with E-state index >= 15 is 0 Å². The second kappa shape index (κ2) is 4.72. The Balaban J connectivity index is 2.22. The van der Waals surface area contributed by atoms with Crippen molar-refractivity contribution in [3.63, 3.8) is 0 Å². The fourth-order valence-corrected chi connectivity index (χ4v) is 2.05. The molecule has 2 rings (SSSR count). The molecule has 1 N–H and O–H groups in total. The molecular weight excluding hydrogens is 296 g/mol. The number of halogens is 1. The number of hydrogen-bond acceptors (Lipinski definition) is 3. The zero-order valence-electron chi connectivity index (χ0n) is 10.6. The first-order valence-electron chi connectivity index (χ1n) is 5.69. The van der Waals surface area contributed by atoms with Gasteiger partial charge in [0.05, 0.1) is 17.6 Å². The zero-order valence-corrected chi connectivity index (χ0v) is 12.2. The smallest absolute Gasteiger partial charge is 0.312 e. The Morgan fingerprint density at radius 1 is 1.44 bits per heavy atom. The van der Waals surface area contributed by atoms with E-state index in [-0.39, 0.29) is 12.4 Å². The van der Waals surface area contributed by atoms with Crippen molar-refractivity contribution in [3.8, 4) is 0 Å². The fraction of sp³-hybridized carbons (Fsp3) is 0.385. The standard InChI is InChI=1S/C13H15BrN2O2/c1-13(2,3)18-12(17)7-11-9-6-8(14)4-5-10(9)15-16-11/h4-6H,7H2,1-3H3,(H,15,16). The molecule has 0 saturated heterocycles. The van der Waals surface area contributed by atoms with Gasteiger partial charge < -0.3 is 4.74 Å². The number of H-pyrrole nitrogens is 1. The molecule has 0 spiro atoms. The number of aromatic amines is 1. The third kappa shape index (κ3) is 3.10. The van der Waals surface area contributed by atoms with Crippen LogP contribution in [0.2, 0.25) is 0 Å². The van der Waals surface area contributed by atoms with Crippen LogP contribution in [0.4, 0.5) is 0 Å². The highest BCUT2D eigenvalue weighted by Crippen LogP contribution is 2.22. The second-order valence-corrected chi connectivity index (χ2v) is 6.04. The maximum Gasteiger partial charge on any atom is 0.312 e. The molecule has 0 saturated carbocycles. The van der Waals surface area contributed by atoms with Crippen LogP contribution in [0.1, 0.15) is 26.5 Å². The highest BCUT2D eigenvalue weighted by atomic mass is 79.9. The van der Waals surface area contributed by atoms with Crippen LogP contribution < -0.4 is 0 Å². The lowest BCUT2D eigenvalue weighted by Gasteiger charge is -2.19. The molecule has 1 aromatic carbocycles. The van der Waals surface area contributed by atoms with Crippen molar-refractivity contribution in [2.45, 2.75) is 32.8 Å². The minimum Gasteiger partial charge on any atom is -0.460 e. The number of benzene rings is 1. The van der Waals surface area contributed by atoms with Gasteiger partial charge in [-0.3, -0.25) is 9.89 Å². The normalized spacial score (nSPS) is 11.8. The van der Waals surface area contributed by atoms with Crippen molar-refractivity contribution in [3.05, 3.63) is 28.4 Å². The number of esters is 1. The van der Waals surface area contributed by atoms with Crippen LogP contribution in [-0.4, -0.2) is 21.8 Å². The molecule has 1 heterocycles. The molecule has 5 heteroatoms. The summed E-state index contributed by atoms with van der Waals surface area (Å²) in [5.41, 5.74) is 1.15. The number of carbonyl (C=O) groups is 1. The molecule has 0 fully saturated rings. The number of fused-ring (bicyclic) bond motifs is 1. The predicted molar refractivity (Wildman–Crippen MR) is 73.3 cm³/mol. The number of nitrogens with zero attached hydrogens (tertiary/aromatic N) is 1. The maximum atomic E-state index is 11.8. The number of carbonyl (C=O) groups excluding carboxylic acids is 1. The molecule has 1 aromatic heterocycles. The van der Waals surface area contributed by atoms with Gasteiger partial charge in [-0.2, -0.15) is 5.10 Å². The molecule has 0 aliphatic rings. The Hall–Kier alpha value is -1.36. The molecule has 18 heavy (non-hydrogen) atoms. The highest BCUT2D eigenvalue weighted by Gasteiger charge is 2.18. The van der Waals surface area contributed by atoms with Crippen molar-refractivity contribution in [2.24, 2.45) is 0 Å². The van der Waals surface area contributed by atoms with Crippen LogP contribution in [0.3, 0.4) is 0 Å². The lowest BCUT2D eigenvalue weighted by atomic mass is 10.1. The number of hydrogen-bond donors (Lipinski definition) is 1. The molecule has 0 bridgehead atoms. The van der Waals surface area contributed by atoms with Crippen LogP contribution in [0.25, 0.3) is 10.9 Å². The minimum absolute atomic E-state index is 0.174. The molecule has 0 atom stereocenters. The van der Waals surface area contributed by atoms with Gasteiger partial charge in [0.1, 0.15) is 5.60 Å². The summed E-state index contributed by atoms with van der Waals surface area (Å²) in [5, 5.41) is 8.00. The van der Waals surface area contributed by atoms with Gasteiger partial charge in [-0.1, -0.05) is 15.9 Å². The summed E-state index contributed by atoms with van der Waals surface area (Å²) in [5.74, 6) is -0.268. The minimum atomic E-state index is -0.468. The molecule has 0 amide bonds. The van der Waals surface area contributed by atoms with Crippen LogP contribution in [0.15, 0.2) is 22.7 Å². The van der Waals surface area contributed by atoms with E-state index in [0.717, 1.165) is 15.4 Å². The predicted octanol–water partition coefficient (Wildman–Crippen LogP) is 3.21. The Bertz CT molecular complexity index is 584. The van der Waals surface area contributed by atoms with E-state index in [9.17, 15) is 4.79 Å². The Morgan fingerprint density at radius 3 is 2.83 bits per heavy atom. The van der Waals surface area contributed by atoms with E-state index in [1.54, 1.807) is 0 Å². The van der Waals surface area contributed by atoms with Crippen LogP contribution in [-0.2, 0) is 16.0 Å². The molecule has 0 aliphatic heterocycles. The topological polar surface area (TPSA) is 55.0 Å². The first kappa shape index (κ1) is 13.1. The Morgan fingerprint density at radius 2 is 2.17 bits per heavy atom. The molecular formula is C13H15BrN2O2. The van der Waals surface area contributed by atoms with Crippen molar-refractivity contribution in [1.29, 1.82) is 0 Å². The second-order valence-electron chi connectivity index (χ2n) is 5.12. The summed E-state index contributed by atoms with van der Waals surface area (Å²) in [6.45, 7) is 5.55. The first-order valence-corrected chi connectivity index (χ1v) is 6.49. The SMILES string of the molecule is CC(C)(C)OC(=O)Cc1n[nH]c2ccc(Br)cc12. The Kier molecular flexibility index (Phi) is 3.43. The van der Waals surface area contributed by atoms with Gasteiger partial charge in [-0.15, -0.1) is 0 Å². The van der Waals surface area contributed by atoms with E-state index in [1.165, 1.54) is 0 Å². The molecule has 0 unspecified atom stereocenters. The third-order valence-electron chi connectivity index (χ3n) is 2.34. The van der Waals surface area contributed by atoms with E-state index in [1.807, 2.05) is 39.0 Å². The summed E-state index contributed by atoms with van der Waals surface area (Å²) >= 11 is 3.41.